The lowest BCUT2D eigenvalue weighted by molar-refractivity contribution is -0.307. The Morgan fingerprint density at radius 2 is 1.69 bits per heavy atom. The fourth-order valence-corrected chi connectivity index (χ4v) is 3.37. The first-order chi connectivity index (χ1) is 15.4. The normalized spacial score (nSPS) is 17.2. The van der Waals surface area contributed by atoms with Gasteiger partial charge in [0.25, 0.3) is 5.95 Å². The van der Waals surface area contributed by atoms with Crippen LogP contribution in [0.15, 0.2) is 65.7 Å². The molecule has 0 radical (unpaired) electrons. The Labute approximate surface area is 184 Å². The highest BCUT2D eigenvalue weighted by atomic mass is 16.5. The van der Waals surface area contributed by atoms with Crippen LogP contribution >= 0.6 is 0 Å². The van der Waals surface area contributed by atoms with Crippen LogP contribution in [0.1, 0.15) is 17.8 Å². The first-order valence-electron chi connectivity index (χ1n) is 9.93. The van der Waals surface area contributed by atoms with Crippen molar-refractivity contribution < 1.29 is 19.4 Å². The molecule has 0 spiro atoms. The molecule has 0 bridgehead atoms. The van der Waals surface area contributed by atoms with Crippen molar-refractivity contribution in [2.45, 2.75) is 26.3 Å². The van der Waals surface area contributed by atoms with Crippen molar-refractivity contribution in [3.8, 4) is 11.5 Å². The molecule has 1 aliphatic rings. The number of guanidine groups is 1. The second kappa shape index (κ2) is 8.84. The first kappa shape index (κ1) is 21.0. The number of para-hydroxylation sites is 1. The standard InChI is InChI=1S/C23H21N5O4/c1-14-12-15(2)25-22(24-14)27-23-26-20(29)13-19(21(30)31)28(23)16-8-10-18(11-9-16)32-17-6-4-3-5-7-17/h3-12,19H,13H2,1-2H3,(H,30,31)(H,24,25,26,27,29)/p-1/t19-/m1/s1. The van der Waals surface area contributed by atoms with E-state index in [0.717, 1.165) is 0 Å². The van der Waals surface area contributed by atoms with Crippen molar-refractivity contribution in [1.82, 2.24) is 15.3 Å². The van der Waals surface area contributed by atoms with E-state index in [0.29, 0.717) is 28.6 Å². The van der Waals surface area contributed by atoms with E-state index in [4.69, 9.17) is 4.74 Å². The Hall–Kier alpha value is -4.27. The minimum atomic E-state index is -1.39. The van der Waals surface area contributed by atoms with E-state index in [1.54, 1.807) is 44.2 Å². The van der Waals surface area contributed by atoms with E-state index in [9.17, 15) is 14.7 Å². The van der Waals surface area contributed by atoms with Crippen LogP contribution in [-0.2, 0) is 9.59 Å². The Balaban J connectivity index is 1.70. The molecule has 162 valence electrons. The van der Waals surface area contributed by atoms with E-state index in [-0.39, 0.29) is 18.3 Å². The highest BCUT2D eigenvalue weighted by Crippen LogP contribution is 2.27. The number of hydrogen-bond donors (Lipinski definition) is 1. The van der Waals surface area contributed by atoms with Crippen LogP contribution in [0.2, 0.25) is 0 Å². The van der Waals surface area contributed by atoms with Crippen LogP contribution in [-0.4, -0.2) is 33.8 Å². The predicted molar refractivity (Wildman–Crippen MR) is 116 cm³/mol. The third-order valence-electron chi connectivity index (χ3n) is 4.71. The zero-order chi connectivity index (χ0) is 22.7. The summed E-state index contributed by atoms with van der Waals surface area (Å²) in [5.41, 5.74) is 1.89. The summed E-state index contributed by atoms with van der Waals surface area (Å²) in [7, 11) is 0. The topological polar surface area (TPSA) is 120 Å². The molecule has 9 heteroatoms. The van der Waals surface area contributed by atoms with E-state index in [1.807, 2.05) is 30.3 Å². The van der Waals surface area contributed by atoms with Gasteiger partial charge < -0.3 is 19.5 Å². The molecule has 1 saturated heterocycles. The largest absolute Gasteiger partial charge is 0.548 e. The number of carboxylic acid groups (broad SMARTS) is 1. The average molecular weight is 430 g/mol. The van der Waals surface area contributed by atoms with Gasteiger partial charge in [-0.05, 0) is 56.3 Å². The first-order valence-corrected chi connectivity index (χ1v) is 9.93. The van der Waals surface area contributed by atoms with Gasteiger partial charge in [0.15, 0.2) is 0 Å². The van der Waals surface area contributed by atoms with Crippen molar-refractivity contribution in [2.24, 2.45) is 4.99 Å². The number of nitrogens with zero attached hydrogens (tertiary/aromatic N) is 4. The lowest BCUT2D eigenvalue weighted by Crippen LogP contribution is -2.61. The van der Waals surface area contributed by atoms with E-state index in [1.165, 1.54) is 4.90 Å². The molecule has 1 fully saturated rings. The summed E-state index contributed by atoms with van der Waals surface area (Å²) >= 11 is 0. The number of aromatic nitrogens is 2. The third kappa shape index (κ3) is 4.72. The van der Waals surface area contributed by atoms with Crippen LogP contribution in [0.3, 0.4) is 0 Å². The molecular weight excluding hydrogens is 410 g/mol. The van der Waals surface area contributed by atoms with Crippen LogP contribution in [0.5, 0.6) is 11.5 Å². The summed E-state index contributed by atoms with van der Waals surface area (Å²) in [6.45, 7) is 3.59. The van der Waals surface area contributed by atoms with E-state index < -0.39 is 17.9 Å². The molecule has 32 heavy (non-hydrogen) atoms. The summed E-state index contributed by atoms with van der Waals surface area (Å²) in [4.78, 5) is 38.3. The highest BCUT2D eigenvalue weighted by molar-refractivity contribution is 6.13. The SMILES string of the molecule is Cc1cc(C)nc(/N=C2\NC(=O)C[C@H](C(=O)[O-])N2c2ccc(Oc3ccccc3)cc2)n1. The van der Waals surface area contributed by atoms with Gasteiger partial charge in [0.05, 0.1) is 18.4 Å². The van der Waals surface area contributed by atoms with Gasteiger partial charge in [-0.15, -0.1) is 0 Å². The number of ether oxygens (including phenoxy) is 1. The fraction of sp³-hybridized carbons (Fsp3) is 0.174. The van der Waals surface area contributed by atoms with Gasteiger partial charge in [-0.25, -0.2) is 9.97 Å². The van der Waals surface area contributed by atoms with Gasteiger partial charge >= 0.3 is 0 Å². The Morgan fingerprint density at radius 1 is 1.06 bits per heavy atom. The maximum absolute atomic E-state index is 12.2. The molecule has 2 heterocycles. The number of anilines is 1. The minimum absolute atomic E-state index is 0.0113. The maximum atomic E-state index is 12.2. The van der Waals surface area contributed by atoms with Crippen LogP contribution in [0.25, 0.3) is 0 Å². The number of rotatable bonds is 5. The van der Waals surface area contributed by atoms with Crippen LogP contribution < -0.4 is 20.1 Å². The fourth-order valence-electron chi connectivity index (χ4n) is 3.37. The Bertz CT molecular complexity index is 1160. The number of aliphatic carboxylic acids is 1. The number of hydrogen-bond acceptors (Lipinski definition) is 7. The van der Waals surface area contributed by atoms with Gasteiger partial charge in [-0.1, -0.05) is 18.2 Å². The smallest absolute Gasteiger partial charge is 0.253 e. The molecule has 1 amide bonds. The van der Waals surface area contributed by atoms with Gasteiger partial charge in [0.2, 0.25) is 11.9 Å². The lowest BCUT2D eigenvalue weighted by Gasteiger charge is -2.38. The highest BCUT2D eigenvalue weighted by Gasteiger charge is 2.33. The van der Waals surface area contributed by atoms with E-state index >= 15 is 0 Å². The quantitative estimate of drug-likeness (QED) is 0.657. The van der Waals surface area contributed by atoms with Crippen LogP contribution in [0.4, 0.5) is 11.6 Å². The monoisotopic (exact) mass is 430 g/mol. The van der Waals surface area contributed by atoms with Crippen molar-refractivity contribution >= 4 is 29.5 Å². The molecule has 3 aromatic rings. The van der Waals surface area contributed by atoms with Crippen molar-refractivity contribution in [1.29, 1.82) is 0 Å². The van der Waals surface area contributed by atoms with Gasteiger partial charge in [-0.2, -0.15) is 4.99 Å². The molecule has 0 aliphatic carbocycles. The maximum Gasteiger partial charge on any atom is 0.253 e. The number of amides is 1. The predicted octanol–water partition coefficient (Wildman–Crippen LogP) is 2.02. The summed E-state index contributed by atoms with van der Waals surface area (Å²) in [5.74, 6) is -0.501. The minimum Gasteiger partial charge on any atom is -0.548 e. The van der Waals surface area contributed by atoms with Gasteiger partial charge in [0.1, 0.15) is 11.5 Å². The molecule has 0 saturated carbocycles. The molecule has 1 aliphatic heterocycles. The van der Waals surface area contributed by atoms with Crippen LogP contribution in [0, 0.1) is 13.8 Å². The van der Waals surface area contributed by atoms with E-state index in [2.05, 4.69) is 20.3 Å². The van der Waals surface area contributed by atoms with Gasteiger partial charge in [0, 0.05) is 17.1 Å². The van der Waals surface area contributed by atoms with Crippen molar-refractivity contribution in [3.63, 3.8) is 0 Å². The van der Waals surface area contributed by atoms with Crippen molar-refractivity contribution in [2.75, 3.05) is 4.90 Å². The zero-order valence-corrected chi connectivity index (χ0v) is 17.5. The number of carbonyl (C=O) groups is 2. The zero-order valence-electron chi connectivity index (χ0n) is 17.5. The summed E-state index contributed by atoms with van der Waals surface area (Å²) < 4.78 is 5.79. The number of aryl methyl sites for hydroxylation is 2. The number of carboxylic acids is 1. The second-order valence-corrected chi connectivity index (χ2v) is 7.25. The molecular formula is C23H20N5O4-. The lowest BCUT2D eigenvalue weighted by atomic mass is 10.1. The second-order valence-electron chi connectivity index (χ2n) is 7.25. The van der Waals surface area contributed by atoms with Gasteiger partial charge in [-0.3, -0.25) is 10.1 Å². The molecule has 2 aromatic carbocycles. The summed E-state index contributed by atoms with van der Waals surface area (Å²) in [5, 5.41) is 14.5. The molecule has 4 rings (SSSR count). The van der Waals surface area contributed by atoms with Crippen molar-refractivity contribution in [3.05, 3.63) is 72.1 Å². The molecule has 1 aromatic heterocycles. The number of carbonyl (C=O) groups excluding carboxylic acids is 2. The number of aliphatic imine (C=N–C) groups is 1. The number of nitrogens with one attached hydrogen (secondary N) is 1. The summed E-state index contributed by atoms with van der Waals surface area (Å²) in [6, 6.07) is 16.6. The third-order valence-corrected chi connectivity index (χ3v) is 4.71. The average Bonchev–Trinajstić information content (AvgIpc) is 2.74. The molecule has 1 atom stereocenters. The Morgan fingerprint density at radius 3 is 2.31 bits per heavy atom. The Kier molecular flexibility index (Phi) is 5.80. The molecule has 1 N–H and O–H groups in total. The molecule has 0 unspecified atom stereocenters. The molecule has 9 nitrogen and oxygen atoms in total. The summed E-state index contributed by atoms with van der Waals surface area (Å²) in [6.07, 6.45) is -0.280. The number of benzene rings is 2.